The van der Waals surface area contributed by atoms with E-state index in [1.54, 1.807) is 6.92 Å². The normalized spacial score (nSPS) is 10.5. The van der Waals surface area contributed by atoms with E-state index in [2.05, 4.69) is 15.6 Å². The van der Waals surface area contributed by atoms with Gasteiger partial charge in [-0.1, -0.05) is 25.1 Å². The van der Waals surface area contributed by atoms with Crippen LogP contribution in [-0.2, 0) is 4.79 Å². The molecule has 0 saturated heterocycles. The van der Waals surface area contributed by atoms with Gasteiger partial charge in [0.15, 0.2) is 10.7 Å². The molecule has 3 rings (SSSR count). The molecular formula is C17H15N3O2S. The number of nitrogens with zero attached hydrogens (tertiary/aromatic N) is 1. The Labute approximate surface area is 138 Å². The lowest BCUT2D eigenvalue weighted by atomic mass is 10.2. The van der Waals surface area contributed by atoms with Gasteiger partial charge in [0.1, 0.15) is 5.52 Å². The third-order valence-corrected chi connectivity index (χ3v) is 3.44. The van der Waals surface area contributed by atoms with Crippen LogP contribution >= 0.6 is 12.2 Å². The molecule has 0 spiro atoms. The lowest BCUT2D eigenvalue weighted by Crippen LogP contribution is -2.33. The number of hydrogen-bond donors (Lipinski definition) is 2. The molecule has 1 amide bonds. The molecule has 1 aromatic heterocycles. The van der Waals surface area contributed by atoms with Gasteiger partial charge < -0.3 is 15.1 Å². The summed E-state index contributed by atoms with van der Waals surface area (Å²) in [5, 5.41) is 5.85. The molecule has 0 radical (unpaired) electrons. The van der Waals surface area contributed by atoms with Crippen molar-refractivity contribution in [3.63, 3.8) is 0 Å². The van der Waals surface area contributed by atoms with Crippen molar-refractivity contribution in [2.45, 2.75) is 13.3 Å². The predicted molar refractivity (Wildman–Crippen MR) is 94.1 cm³/mol. The molecule has 0 aliphatic carbocycles. The molecule has 0 bridgehead atoms. The predicted octanol–water partition coefficient (Wildman–Crippen LogP) is 3.72. The minimum absolute atomic E-state index is 0.127. The maximum atomic E-state index is 11.3. The van der Waals surface area contributed by atoms with Crippen LogP contribution in [0.5, 0.6) is 0 Å². The molecule has 116 valence electrons. The van der Waals surface area contributed by atoms with E-state index in [-0.39, 0.29) is 11.0 Å². The maximum absolute atomic E-state index is 11.3. The molecule has 0 atom stereocenters. The topological polar surface area (TPSA) is 67.2 Å². The standard InChI is InChI=1S/C17H15N3O2S/c1-2-15(21)20-17(23)18-12-7-5-6-11(10-12)16-19-13-8-3-4-9-14(13)22-16/h3-10H,2H2,1H3,(H2,18,20,21,23). The van der Waals surface area contributed by atoms with Gasteiger partial charge in [0.2, 0.25) is 11.8 Å². The quantitative estimate of drug-likeness (QED) is 0.719. The number of aromatic nitrogens is 1. The summed E-state index contributed by atoms with van der Waals surface area (Å²) in [6.07, 6.45) is 0.380. The van der Waals surface area contributed by atoms with Gasteiger partial charge in [-0.2, -0.15) is 0 Å². The molecule has 0 aliphatic rings. The van der Waals surface area contributed by atoms with E-state index >= 15 is 0 Å². The summed E-state index contributed by atoms with van der Waals surface area (Å²) in [5.41, 5.74) is 3.14. The Balaban J connectivity index is 1.82. The van der Waals surface area contributed by atoms with E-state index in [9.17, 15) is 4.79 Å². The lowest BCUT2D eigenvalue weighted by Gasteiger charge is -2.09. The average Bonchev–Trinajstić information content (AvgIpc) is 2.99. The second kappa shape index (κ2) is 6.58. The number of rotatable bonds is 3. The molecule has 0 fully saturated rings. The molecule has 1 heterocycles. The van der Waals surface area contributed by atoms with Crippen molar-refractivity contribution < 1.29 is 9.21 Å². The summed E-state index contributed by atoms with van der Waals surface area (Å²) in [4.78, 5) is 15.8. The first-order valence-corrected chi connectivity index (χ1v) is 7.63. The summed E-state index contributed by atoms with van der Waals surface area (Å²) in [6.45, 7) is 1.77. The van der Waals surface area contributed by atoms with E-state index in [0.29, 0.717) is 12.3 Å². The molecule has 0 aliphatic heterocycles. The average molecular weight is 325 g/mol. The van der Waals surface area contributed by atoms with Gasteiger partial charge in [-0.15, -0.1) is 0 Å². The molecule has 3 aromatic rings. The molecule has 6 heteroatoms. The van der Waals surface area contributed by atoms with E-state index in [1.807, 2.05) is 48.5 Å². The Morgan fingerprint density at radius 1 is 1.22 bits per heavy atom. The molecule has 5 nitrogen and oxygen atoms in total. The minimum atomic E-state index is -0.127. The fourth-order valence-electron chi connectivity index (χ4n) is 2.10. The number of oxazole rings is 1. The van der Waals surface area contributed by atoms with Crippen LogP contribution in [-0.4, -0.2) is 16.0 Å². The number of carbonyl (C=O) groups excluding carboxylic acids is 1. The Morgan fingerprint density at radius 2 is 2.04 bits per heavy atom. The molecule has 2 N–H and O–H groups in total. The first kappa shape index (κ1) is 15.2. The highest BCUT2D eigenvalue weighted by Crippen LogP contribution is 2.25. The van der Waals surface area contributed by atoms with Gasteiger partial charge in [0.25, 0.3) is 0 Å². The summed E-state index contributed by atoms with van der Waals surface area (Å²) in [7, 11) is 0. The molecule has 0 unspecified atom stereocenters. The second-order valence-electron chi connectivity index (χ2n) is 4.92. The second-order valence-corrected chi connectivity index (χ2v) is 5.33. The van der Waals surface area contributed by atoms with Crippen LogP contribution in [0.25, 0.3) is 22.6 Å². The number of anilines is 1. The zero-order valence-electron chi connectivity index (χ0n) is 12.5. The van der Waals surface area contributed by atoms with Gasteiger partial charge in [-0.3, -0.25) is 4.79 Å². The zero-order chi connectivity index (χ0) is 16.2. The summed E-state index contributed by atoms with van der Waals surface area (Å²) < 4.78 is 5.75. The Kier molecular flexibility index (Phi) is 4.34. The van der Waals surface area contributed by atoms with E-state index in [1.165, 1.54) is 0 Å². The van der Waals surface area contributed by atoms with E-state index in [4.69, 9.17) is 16.6 Å². The maximum Gasteiger partial charge on any atom is 0.227 e. The van der Waals surface area contributed by atoms with Crippen LogP contribution in [0.1, 0.15) is 13.3 Å². The fourth-order valence-corrected chi connectivity index (χ4v) is 2.33. The molecule has 2 aromatic carbocycles. The Bertz CT molecular complexity index is 840. The number of fused-ring (bicyclic) bond motifs is 1. The monoisotopic (exact) mass is 325 g/mol. The molecule has 23 heavy (non-hydrogen) atoms. The Morgan fingerprint density at radius 3 is 2.83 bits per heavy atom. The third kappa shape index (κ3) is 3.54. The van der Waals surface area contributed by atoms with Gasteiger partial charge in [-0.05, 0) is 42.5 Å². The van der Waals surface area contributed by atoms with E-state index < -0.39 is 0 Å². The van der Waals surface area contributed by atoms with Crippen LogP contribution in [0.3, 0.4) is 0 Å². The molecular weight excluding hydrogens is 310 g/mol. The van der Waals surface area contributed by atoms with Gasteiger partial charge in [-0.25, -0.2) is 4.98 Å². The smallest absolute Gasteiger partial charge is 0.227 e. The third-order valence-electron chi connectivity index (χ3n) is 3.24. The van der Waals surface area contributed by atoms with Crippen LogP contribution in [0.15, 0.2) is 52.9 Å². The number of nitrogens with one attached hydrogen (secondary N) is 2. The number of hydrogen-bond acceptors (Lipinski definition) is 4. The number of thiocarbonyl (C=S) groups is 1. The van der Waals surface area contributed by atoms with Crippen molar-refractivity contribution in [1.29, 1.82) is 0 Å². The number of para-hydroxylation sites is 2. The van der Waals surface area contributed by atoms with Crippen molar-refractivity contribution in [3.05, 3.63) is 48.5 Å². The van der Waals surface area contributed by atoms with Gasteiger partial charge in [0, 0.05) is 17.7 Å². The first-order valence-electron chi connectivity index (χ1n) is 7.22. The van der Waals surface area contributed by atoms with Crippen LogP contribution in [0.2, 0.25) is 0 Å². The lowest BCUT2D eigenvalue weighted by molar-refractivity contribution is -0.119. The largest absolute Gasteiger partial charge is 0.436 e. The highest BCUT2D eigenvalue weighted by Gasteiger charge is 2.09. The van der Waals surface area contributed by atoms with Crippen LogP contribution in [0, 0.1) is 0 Å². The summed E-state index contributed by atoms with van der Waals surface area (Å²) in [6, 6.07) is 15.1. The first-order chi connectivity index (χ1) is 11.2. The van der Waals surface area contributed by atoms with Crippen molar-refractivity contribution in [2.75, 3.05) is 5.32 Å². The Hall–Kier alpha value is -2.73. The van der Waals surface area contributed by atoms with Crippen molar-refractivity contribution in [3.8, 4) is 11.5 Å². The highest BCUT2D eigenvalue weighted by molar-refractivity contribution is 7.80. The summed E-state index contributed by atoms with van der Waals surface area (Å²) >= 11 is 5.11. The van der Waals surface area contributed by atoms with Gasteiger partial charge >= 0.3 is 0 Å². The van der Waals surface area contributed by atoms with Crippen LogP contribution < -0.4 is 10.6 Å². The van der Waals surface area contributed by atoms with Crippen molar-refractivity contribution in [2.24, 2.45) is 0 Å². The fraction of sp³-hybridized carbons (Fsp3) is 0.118. The van der Waals surface area contributed by atoms with Crippen molar-refractivity contribution in [1.82, 2.24) is 10.3 Å². The number of benzene rings is 2. The van der Waals surface area contributed by atoms with Crippen LogP contribution in [0.4, 0.5) is 5.69 Å². The van der Waals surface area contributed by atoms with E-state index in [0.717, 1.165) is 22.4 Å². The zero-order valence-corrected chi connectivity index (χ0v) is 13.3. The molecule has 0 saturated carbocycles. The highest BCUT2D eigenvalue weighted by atomic mass is 32.1. The summed E-state index contributed by atoms with van der Waals surface area (Å²) in [5.74, 6) is 0.413. The number of carbonyl (C=O) groups is 1. The SMILES string of the molecule is CCC(=O)NC(=S)Nc1cccc(-c2nc3ccccc3o2)c1. The van der Waals surface area contributed by atoms with Gasteiger partial charge in [0.05, 0.1) is 0 Å². The van der Waals surface area contributed by atoms with Crippen molar-refractivity contribution >= 4 is 40.0 Å². The number of amides is 1. The minimum Gasteiger partial charge on any atom is -0.436 e.